The topological polar surface area (TPSA) is 53.5 Å². The van der Waals surface area contributed by atoms with E-state index in [9.17, 15) is 9.59 Å². The van der Waals surface area contributed by atoms with E-state index >= 15 is 0 Å². The quantitative estimate of drug-likeness (QED) is 0.833. The summed E-state index contributed by atoms with van der Waals surface area (Å²) in [4.78, 5) is 34.2. The van der Waals surface area contributed by atoms with E-state index in [-0.39, 0.29) is 17.9 Å². The molecule has 2 aromatic rings. The summed E-state index contributed by atoms with van der Waals surface area (Å²) in [6.07, 6.45) is 6.81. The van der Waals surface area contributed by atoms with Gasteiger partial charge in [0.05, 0.1) is 11.1 Å². The van der Waals surface area contributed by atoms with E-state index in [1.54, 1.807) is 6.20 Å². The van der Waals surface area contributed by atoms with Gasteiger partial charge in [0.1, 0.15) is 0 Å². The highest BCUT2D eigenvalue weighted by molar-refractivity contribution is 5.97. The summed E-state index contributed by atoms with van der Waals surface area (Å²) in [5.74, 6) is 0.528. The maximum Gasteiger partial charge on any atom is 0.255 e. The van der Waals surface area contributed by atoms with Gasteiger partial charge in [0.2, 0.25) is 5.91 Å². The van der Waals surface area contributed by atoms with Crippen LogP contribution in [0.15, 0.2) is 36.5 Å². The fourth-order valence-electron chi connectivity index (χ4n) is 4.24. The molecule has 0 bridgehead atoms. The minimum Gasteiger partial charge on any atom is -0.340 e. The molecule has 5 nitrogen and oxygen atoms in total. The van der Waals surface area contributed by atoms with Crippen molar-refractivity contribution >= 4 is 22.7 Å². The van der Waals surface area contributed by atoms with Crippen LogP contribution in [0.25, 0.3) is 10.9 Å². The Labute approximate surface area is 160 Å². The van der Waals surface area contributed by atoms with Crippen molar-refractivity contribution in [3.8, 4) is 0 Å². The highest BCUT2D eigenvalue weighted by Gasteiger charge is 2.34. The molecule has 2 fully saturated rings. The van der Waals surface area contributed by atoms with Crippen LogP contribution in [-0.2, 0) is 4.79 Å². The number of fused-ring (bicyclic) bond motifs is 1. The Bertz CT molecular complexity index is 846. The molecule has 0 radical (unpaired) electrons. The molecule has 1 aliphatic carbocycles. The standard InChI is InChI=1S/C22H27N3O2/c1-2-25(19-10-6-12-24(15-19)21(26)16-8-5-9-16)22(27)18-13-17-7-3-4-11-20(17)23-14-18/h3-4,7,11,13-14,16,19H,2,5-6,8-10,12,15H2,1H3/t19-/m1/s1. The molecule has 0 spiro atoms. The Morgan fingerprint density at radius 2 is 2.00 bits per heavy atom. The summed E-state index contributed by atoms with van der Waals surface area (Å²) >= 11 is 0. The number of amides is 2. The number of hydrogen-bond acceptors (Lipinski definition) is 3. The zero-order valence-corrected chi connectivity index (χ0v) is 15.9. The number of benzene rings is 1. The minimum absolute atomic E-state index is 0.0127. The first-order valence-corrected chi connectivity index (χ1v) is 10.1. The van der Waals surface area contributed by atoms with Crippen LogP contribution in [-0.4, -0.2) is 52.3 Å². The van der Waals surface area contributed by atoms with Crippen molar-refractivity contribution in [2.45, 2.75) is 45.1 Å². The second-order valence-electron chi connectivity index (χ2n) is 7.72. The van der Waals surface area contributed by atoms with Crippen molar-refractivity contribution in [1.29, 1.82) is 0 Å². The Balaban J connectivity index is 1.51. The predicted molar refractivity (Wildman–Crippen MR) is 105 cm³/mol. The van der Waals surface area contributed by atoms with Crippen LogP contribution in [0.5, 0.6) is 0 Å². The predicted octanol–water partition coefficient (Wildman–Crippen LogP) is 3.49. The van der Waals surface area contributed by atoms with Crippen LogP contribution in [0.4, 0.5) is 0 Å². The van der Waals surface area contributed by atoms with E-state index in [2.05, 4.69) is 4.98 Å². The lowest BCUT2D eigenvalue weighted by molar-refractivity contribution is -0.140. The first kappa shape index (κ1) is 18.0. The molecule has 0 N–H and O–H groups in total. The fourth-order valence-corrected chi connectivity index (χ4v) is 4.24. The van der Waals surface area contributed by atoms with Crippen LogP contribution in [0.2, 0.25) is 0 Å². The smallest absolute Gasteiger partial charge is 0.255 e. The average molecular weight is 365 g/mol. The second kappa shape index (κ2) is 7.67. The van der Waals surface area contributed by atoms with Gasteiger partial charge >= 0.3 is 0 Å². The van der Waals surface area contributed by atoms with Crippen molar-refractivity contribution in [1.82, 2.24) is 14.8 Å². The van der Waals surface area contributed by atoms with E-state index in [0.717, 1.165) is 43.1 Å². The molecule has 1 aromatic carbocycles. The molecule has 2 aliphatic rings. The van der Waals surface area contributed by atoms with Gasteiger partial charge in [-0.3, -0.25) is 14.6 Å². The van der Waals surface area contributed by atoms with Crippen LogP contribution in [0.3, 0.4) is 0 Å². The molecule has 5 heteroatoms. The van der Waals surface area contributed by atoms with Crippen molar-refractivity contribution in [3.63, 3.8) is 0 Å². The number of aromatic nitrogens is 1. The van der Waals surface area contributed by atoms with E-state index in [1.165, 1.54) is 6.42 Å². The van der Waals surface area contributed by atoms with E-state index in [0.29, 0.717) is 24.6 Å². The Morgan fingerprint density at radius 1 is 1.19 bits per heavy atom. The van der Waals surface area contributed by atoms with Crippen LogP contribution >= 0.6 is 0 Å². The zero-order valence-electron chi connectivity index (χ0n) is 15.9. The molecule has 1 atom stereocenters. The number of likely N-dealkylation sites (tertiary alicyclic amines) is 1. The van der Waals surface area contributed by atoms with Gasteiger partial charge in [-0.05, 0) is 44.7 Å². The summed E-state index contributed by atoms with van der Waals surface area (Å²) in [7, 11) is 0. The van der Waals surface area contributed by atoms with Crippen molar-refractivity contribution < 1.29 is 9.59 Å². The van der Waals surface area contributed by atoms with Crippen LogP contribution in [0, 0.1) is 5.92 Å². The lowest BCUT2D eigenvalue weighted by Gasteiger charge is -2.41. The summed E-state index contributed by atoms with van der Waals surface area (Å²) in [5, 5.41) is 0.977. The first-order valence-electron chi connectivity index (χ1n) is 10.1. The average Bonchev–Trinajstić information content (AvgIpc) is 2.67. The number of carbonyl (C=O) groups is 2. The van der Waals surface area contributed by atoms with Gasteiger partial charge in [0.25, 0.3) is 5.91 Å². The Hall–Kier alpha value is -2.43. The largest absolute Gasteiger partial charge is 0.340 e. The number of carbonyl (C=O) groups excluding carboxylic acids is 2. The van der Waals surface area contributed by atoms with E-state index < -0.39 is 0 Å². The number of pyridine rings is 1. The highest BCUT2D eigenvalue weighted by atomic mass is 16.2. The molecule has 1 saturated heterocycles. The Kier molecular flexibility index (Phi) is 5.10. The fraction of sp³-hybridized carbons (Fsp3) is 0.500. The van der Waals surface area contributed by atoms with Gasteiger partial charge in [0.15, 0.2) is 0 Å². The van der Waals surface area contributed by atoms with Crippen molar-refractivity contribution in [2.75, 3.05) is 19.6 Å². The van der Waals surface area contributed by atoms with Crippen LogP contribution in [0.1, 0.15) is 49.4 Å². The van der Waals surface area contributed by atoms with Gasteiger partial charge in [0, 0.05) is 43.2 Å². The second-order valence-corrected chi connectivity index (χ2v) is 7.72. The number of hydrogen-bond donors (Lipinski definition) is 0. The molecule has 1 aromatic heterocycles. The number of nitrogens with zero attached hydrogens (tertiary/aromatic N) is 3. The maximum absolute atomic E-state index is 13.2. The van der Waals surface area contributed by atoms with Gasteiger partial charge in [-0.1, -0.05) is 24.6 Å². The van der Waals surface area contributed by atoms with Gasteiger partial charge in [-0.25, -0.2) is 0 Å². The number of para-hydroxylation sites is 1. The zero-order chi connectivity index (χ0) is 18.8. The molecule has 2 heterocycles. The molecule has 1 aliphatic heterocycles. The maximum atomic E-state index is 13.2. The lowest BCUT2D eigenvalue weighted by atomic mass is 9.84. The molecular weight excluding hydrogens is 338 g/mol. The summed E-state index contributed by atoms with van der Waals surface area (Å²) in [6, 6.07) is 9.85. The normalized spacial score (nSPS) is 20.3. The Morgan fingerprint density at radius 3 is 2.74 bits per heavy atom. The summed E-state index contributed by atoms with van der Waals surface area (Å²) in [6.45, 7) is 4.14. The number of likely N-dealkylation sites (N-methyl/N-ethyl adjacent to an activating group) is 1. The van der Waals surface area contributed by atoms with Gasteiger partial charge in [-0.15, -0.1) is 0 Å². The summed E-state index contributed by atoms with van der Waals surface area (Å²) < 4.78 is 0. The third-order valence-electron chi connectivity index (χ3n) is 6.04. The number of rotatable bonds is 4. The lowest BCUT2D eigenvalue weighted by Crippen LogP contribution is -2.53. The molecule has 0 unspecified atom stereocenters. The first-order chi connectivity index (χ1) is 13.2. The van der Waals surface area contributed by atoms with Crippen LogP contribution < -0.4 is 0 Å². The molecule has 2 amide bonds. The minimum atomic E-state index is 0.0127. The molecule has 27 heavy (non-hydrogen) atoms. The monoisotopic (exact) mass is 365 g/mol. The van der Waals surface area contributed by atoms with E-state index in [4.69, 9.17) is 0 Å². The summed E-state index contributed by atoms with van der Waals surface area (Å²) in [5.41, 5.74) is 1.52. The molecule has 4 rings (SSSR count). The van der Waals surface area contributed by atoms with Crippen molar-refractivity contribution in [3.05, 3.63) is 42.1 Å². The molecule has 142 valence electrons. The SMILES string of the molecule is CCN(C(=O)c1cnc2ccccc2c1)[C@@H]1CCCN(C(=O)C2CCC2)C1. The van der Waals surface area contributed by atoms with Gasteiger partial charge < -0.3 is 9.80 Å². The van der Waals surface area contributed by atoms with E-state index in [1.807, 2.05) is 47.1 Å². The third kappa shape index (κ3) is 3.55. The highest BCUT2D eigenvalue weighted by Crippen LogP contribution is 2.30. The number of piperidine rings is 1. The van der Waals surface area contributed by atoms with Gasteiger partial charge in [-0.2, -0.15) is 0 Å². The third-order valence-corrected chi connectivity index (χ3v) is 6.04. The van der Waals surface area contributed by atoms with Crippen molar-refractivity contribution in [2.24, 2.45) is 5.92 Å². The molecular formula is C22H27N3O2. The molecule has 1 saturated carbocycles.